The molecule has 98 valence electrons. The van der Waals surface area contributed by atoms with Crippen molar-refractivity contribution >= 4 is 11.9 Å². The molecule has 0 saturated heterocycles. The first-order valence-electron chi connectivity index (χ1n) is 3.99. The molecule has 0 fully saturated rings. The van der Waals surface area contributed by atoms with Gasteiger partial charge in [-0.1, -0.05) is 6.58 Å². The SMILES string of the molecule is C=C(C(=O)O)C(CC(F)(F)C(F)(F)F)C(=O)O. The zero-order valence-electron chi connectivity index (χ0n) is 8.09. The topological polar surface area (TPSA) is 74.6 Å². The lowest BCUT2D eigenvalue weighted by molar-refractivity contribution is -0.286. The van der Waals surface area contributed by atoms with Crippen molar-refractivity contribution in [2.75, 3.05) is 0 Å². The number of carboxylic acids is 2. The summed E-state index contributed by atoms with van der Waals surface area (Å²) in [5, 5.41) is 16.7. The molecule has 17 heavy (non-hydrogen) atoms. The first-order valence-corrected chi connectivity index (χ1v) is 3.99. The van der Waals surface area contributed by atoms with Gasteiger partial charge in [0.05, 0.1) is 5.92 Å². The van der Waals surface area contributed by atoms with Crippen LogP contribution in [0.1, 0.15) is 6.42 Å². The summed E-state index contributed by atoms with van der Waals surface area (Å²) in [6, 6.07) is 0. The van der Waals surface area contributed by atoms with Gasteiger partial charge in [0.15, 0.2) is 0 Å². The van der Waals surface area contributed by atoms with Crippen LogP contribution in [0.2, 0.25) is 0 Å². The lowest BCUT2D eigenvalue weighted by atomic mass is 9.93. The van der Waals surface area contributed by atoms with Crippen LogP contribution in [-0.2, 0) is 9.59 Å². The fourth-order valence-electron chi connectivity index (χ4n) is 0.881. The molecule has 0 aromatic carbocycles. The smallest absolute Gasteiger partial charge is 0.453 e. The third kappa shape index (κ3) is 3.68. The molecule has 1 atom stereocenters. The fraction of sp³-hybridized carbons (Fsp3) is 0.500. The van der Waals surface area contributed by atoms with E-state index in [2.05, 4.69) is 6.58 Å². The van der Waals surface area contributed by atoms with Crippen molar-refractivity contribution in [2.24, 2.45) is 5.92 Å². The maximum Gasteiger partial charge on any atom is 0.453 e. The predicted octanol–water partition coefficient (Wildman–Crippen LogP) is 1.92. The molecule has 0 amide bonds. The van der Waals surface area contributed by atoms with E-state index in [0.717, 1.165) is 0 Å². The molecule has 1 unspecified atom stereocenters. The molecule has 0 saturated carbocycles. The first kappa shape index (κ1) is 15.3. The highest BCUT2D eigenvalue weighted by Crippen LogP contribution is 2.41. The van der Waals surface area contributed by atoms with E-state index in [1.54, 1.807) is 0 Å². The van der Waals surface area contributed by atoms with Crippen LogP contribution < -0.4 is 0 Å². The first-order chi connectivity index (χ1) is 7.40. The van der Waals surface area contributed by atoms with E-state index in [9.17, 15) is 31.5 Å². The Labute approximate surface area is 91.3 Å². The molecule has 9 heteroatoms. The minimum absolute atomic E-state index is 1.23. The average molecular weight is 262 g/mol. The maximum absolute atomic E-state index is 12.5. The highest BCUT2D eigenvalue weighted by atomic mass is 19.4. The molecule has 0 rings (SSSR count). The van der Waals surface area contributed by atoms with Crippen molar-refractivity contribution in [3.05, 3.63) is 12.2 Å². The molecule has 0 radical (unpaired) electrons. The van der Waals surface area contributed by atoms with Crippen molar-refractivity contribution in [1.82, 2.24) is 0 Å². The van der Waals surface area contributed by atoms with E-state index in [4.69, 9.17) is 10.2 Å². The summed E-state index contributed by atoms with van der Waals surface area (Å²) >= 11 is 0. The fourth-order valence-corrected chi connectivity index (χ4v) is 0.881. The Morgan fingerprint density at radius 1 is 1.12 bits per heavy atom. The van der Waals surface area contributed by atoms with Crippen LogP contribution in [0.4, 0.5) is 22.0 Å². The summed E-state index contributed by atoms with van der Waals surface area (Å²) in [6.45, 7) is 2.66. The van der Waals surface area contributed by atoms with Crippen LogP contribution in [-0.4, -0.2) is 34.3 Å². The van der Waals surface area contributed by atoms with E-state index in [1.807, 2.05) is 0 Å². The Morgan fingerprint density at radius 2 is 1.53 bits per heavy atom. The van der Waals surface area contributed by atoms with Crippen molar-refractivity contribution in [3.63, 3.8) is 0 Å². The molecule has 0 aliphatic rings. The Bertz CT molecular complexity index is 346. The van der Waals surface area contributed by atoms with E-state index < -0.39 is 41.9 Å². The van der Waals surface area contributed by atoms with Gasteiger partial charge in [-0.25, -0.2) is 4.79 Å². The number of alkyl halides is 5. The second-order valence-corrected chi connectivity index (χ2v) is 3.13. The van der Waals surface area contributed by atoms with Crippen LogP contribution >= 0.6 is 0 Å². The monoisotopic (exact) mass is 262 g/mol. The third-order valence-corrected chi connectivity index (χ3v) is 1.87. The van der Waals surface area contributed by atoms with Crippen molar-refractivity contribution in [1.29, 1.82) is 0 Å². The van der Waals surface area contributed by atoms with Crippen LogP contribution in [0.15, 0.2) is 12.2 Å². The van der Waals surface area contributed by atoms with Crippen LogP contribution in [0.5, 0.6) is 0 Å². The molecule has 2 N–H and O–H groups in total. The van der Waals surface area contributed by atoms with Gasteiger partial charge in [-0.2, -0.15) is 22.0 Å². The van der Waals surface area contributed by atoms with Crippen LogP contribution in [0, 0.1) is 5.92 Å². The van der Waals surface area contributed by atoms with E-state index in [-0.39, 0.29) is 0 Å². The number of carboxylic acid groups (broad SMARTS) is 2. The number of rotatable bonds is 5. The van der Waals surface area contributed by atoms with E-state index in [0.29, 0.717) is 0 Å². The number of hydrogen-bond donors (Lipinski definition) is 2. The summed E-state index contributed by atoms with van der Waals surface area (Å²) < 4.78 is 60.5. The summed E-state index contributed by atoms with van der Waals surface area (Å²) in [7, 11) is 0. The van der Waals surface area contributed by atoms with Crippen LogP contribution in [0.3, 0.4) is 0 Å². The molecule has 0 aliphatic carbocycles. The molecular formula is C8H7F5O4. The second-order valence-electron chi connectivity index (χ2n) is 3.13. The number of aliphatic carboxylic acids is 2. The van der Waals surface area contributed by atoms with Gasteiger partial charge in [-0.3, -0.25) is 4.79 Å². The van der Waals surface area contributed by atoms with Gasteiger partial charge in [-0.05, 0) is 0 Å². The highest BCUT2D eigenvalue weighted by Gasteiger charge is 2.59. The van der Waals surface area contributed by atoms with E-state index in [1.165, 1.54) is 0 Å². The van der Waals surface area contributed by atoms with Gasteiger partial charge < -0.3 is 10.2 Å². The van der Waals surface area contributed by atoms with Crippen molar-refractivity contribution in [3.8, 4) is 0 Å². The highest BCUT2D eigenvalue weighted by molar-refractivity contribution is 5.93. The average Bonchev–Trinajstić information content (AvgIpc) is 2.10. The Hall–Kier alpha value is -1.67. The molecule has 0 aliphatic heterocycles. The largest absolute Gasteiger partial charge is 0.481 e. The normalized spacial score (nSPS) is 14.2. The Morgan fingerprint density at radius 3 is 1.76 bits per heavy atom. The number of hydrogen-bond acceptors (Lipinski definition) is 2. The van der Waals surface area contributed by atoms with Gasteiger partial charge in [0, 0.05) is 12.0 Å². The molecule has 0 spiro atoms. The minimum Gasteiger partial charge on any atom is -0.481 e. The molecule has 0 aromatic rings. The van der Waals surface area contributed by atoms with Gasteiger partial charge in [0.2, 0.25) is 0 Å². The van der Waals surface area contributed by atoms with Gasteiger partial charge in [-0.15, -0.1) is 0 Å². The Balaban J connectivity index is 5.10. The molecule has 0 bridgehead atoms. The molecule has 0 heterocycles. The van der Waals surface area contributed by atoms with E-state index >= 15 is 0 Å². The lowest BCUT2D eigenvalue weighted by Gasteiger charge is -2.22. The van der Waals surface area contributed by atoms with Crippen molar-refractivity contribution < 1.29 is 41.8 Å². The summed E-state index contributed by atoms with van der Waals surface area (Å²) in [5.74, 6) is -11.9. The summed E-state index contributed by atoms with van der Waals surface area (Å²) in [4.78, 5) is 20.7. The zero-order valence-corrected chi connectivity index (χ0v) is 8.09. The number of carbonyl (C=O) groups is 2. The van der Waals surface area contributed by atoms with Crippen LogP contribution in [0.25, 0.3) is 0 Å². The van der Waals surface area contributed by atoms with Gasteiger partial charge in [0.1, 0.15) is 0 Å². The molecule has 0 aromatic heterocycles. The second kappa shape index (κ2) is 4.68. The zero-order chi connectivity index (χ0) is 14.0. The van der Waals surface area contributed by atoms with Crippen molar-refractivity contribution in [2.45, 2.75) is 18.5 Å². The Kier molecular flexibility index (Phi) is 4.22. The maximum atomic E-state index is 12.5. The molecule has 4 nitrogen and oxygen atoms in total. The predicted molar refractivity (Wildman–Crippen MR) is 43.5 cm³/mol. The third-order valence-electron chi connectivity index (χ3n) is 1.87. The standard InChI is InChI=1S/C8H7F5O4/c1-3(5(14)15)4(6(16)17)2-7(9,10)8(11,12)13/h4H,1-2H2,(H,14,15)(H,16,17). The molecular weight excluding hydrogens is 255 g/mol. The van der Waals surface area contributed by atoms with Gasteiger partial charge in [0.25, 0.3) is 0 Å². The number of halogens is 5. The summed E-state index contributed by atoms with van der Waals surface area (Å²) in [6.07, 6.45) is -8.14. The summed E-state index contributed by atoms with van der Waals surface area (Å²) in [5.41, 5.74) is -1.23. The lowest BCUT2D eigenvalue weighted by Crippen LogP contribution is -2.40. The quantitative estimate of drug-likeness (QED) is 0.586. The van der Waals surface area contributed by atoms with Gasteiger partial charge >= 0.3 is 24.0 Å². The minimum atomic E-state index is -5.94.